The molecule has 5 nitrogen and oxygen atoms in total. The van der Waals surface area contributed by atoms with E-state index in [0.717, 1.165) is 5.56 Å². The maximum absolute atomic E-state index is 11.0. The summed E-state index contributed by atoms with van der Waals surface area (Å²) in [4.78, 5) is 11.0. The van der Waals surface area contributed by atoms with Gasteiger partial charge in [0, 0.05) is 13.6 Å². The summed E-state index contributed by atoms with van der Waals surface area (Å²) in [7, 11) is 1.60. The van der Waals surface area contributed by atoms with E-state index >= 15 is 0 Å². The van der Waals surface area contributed by atoms with Gasteiger partial charge in [-0.05, 0) is 24.6 Å². The van der Waals surface area contributed by atoms with Gasteiger partial charge in [0.1, 0.15) is 0 Å². The Morgan fingerprint density at radius 1 is 1.47 bits per heavy atom. The Morgan fingerprint density at radius 3 is 2.88 bits per heavy atom. The molecule has 1 rings (SSSR count). The molecule has 0 fully saturated rings. The fraction of sp³-hybridized carbons (Fsp3) is 0.417. The van der Waals surface area contributed by atoms with Crippen molar-refractivity contribution >= 4 is 5.91 Å². The van der Waals surface area contributed by atoms with E-state index in [1.165, 1.54) is 0 Å². The summed E-state index contributed by atoms with van der Waals surface area (Å²) in [6.07, 6.45) is 0. The predicted molar refractivity (Wildman–Crippen MR) is 65.0 cm³/mol. The van der Waals surface area contributed by atoms with Gasteiger partial charge >= 0.3 is 0 Å². The van der Waals surface area contributed by atoms with Crippen LogP contribution in [-0.2, 0) is 11.3 Å². The van der Waals surface area contributed by atoms with Crippen LogP contribution >= 0.6 is 0 Å². The van der Waals surface area contributed by atoms with Crippen molar-refractivity contribution in [1.29, 1.82) is 0 Å². The van der Waals surface area contributed by atoms with Crippen molar-refractivity contribution in [2.24, 2.45) is 0 Å². The van der Waals surface area contributed by atoms with Crippen molar-refractivity contribution in [3.05, 3.63) is 23.8 Å². The van der Waals surface area contributed by atoms with E-state index in [1.807, 2.05) is 6.92 Å². The number of carbonyl (C=O) groups is 1. The maximum Gasteiger partial charge on any atom is 0.233 e. The molecule has 0 aliphatic carbocycles. The van der Waals surface area contributed by atoms with Crippen LogP contribution in [0.15, 0.2) is 18.2 Å². The third-order valence-electron chi connectivity index (χ3n) is 2.22. The minimum atomic E-state index is -0.0613. The molecule has 0 atom stereocenters. The Labute approximate surface area is 101 Å². The SMILES string of the molecule is CCOc1cc(CNCC(=O)NC)ccc1O. The van der Waals surface area contributed by atoms with Crippen molar-refractivity contribution < 1.29 is 14.6 Å². The van der Waals surface area contributed by atoms with E-state index in [4.69, 9.17) is 4.74 Å². The monoisotopic (exact) mass is 238 g/mol. The van der Waals surface area contributed by atoms with E-state index < -0.39 is 0 Å². The Morgan fingerprint density at radius 2 is 2.24 bits per heavy atom. The van der Waals surface area contributed by atoms with Crippen molar-refractivity contribution in [2.45, 2.75) is 13.5 Å². The zero-order valence-corrected chi connectivity index (χ0v) is 10.1. The van der Waals surface area contributed by atoms with Gasteiger partial charge in [0.05, 0.1) is 13.2 Å². The van der Waals surface area contributed by atoms with E-state index in [0.29, 0.717) is 18.9 Å². The number of ether oxygens (including phenoxy) is 1. The zero-order chi connectivity index (χ0) is 12.7. The number of aromatic hydroxyl groups is 1. The first-order valence-electron chi connectivity index (χ1n) is 5.53. The zero-order valence-electron chi connectivity index (χ0n) is 10.1. The molecule has 0 saturated carbocycles. The van der Waals surface area contributed by atoms with Crippen molar-refractivity contribution in [3.63, 3.8) is 0 Å². The van der Waals surface area contributed by atoms with Crippen LogP contribution in [-0.4, -0.2) is 31.2 Å². The van der Waals surface area contributed by atoms with E-state index in [1.54, 1.807) is 25.2 Å². The summed E-state index contributed by atoms with van der Waals surface area (Å²) in [6, 6.07) is 5.13. The fourth-order valence-electron chi connectivity index (χ4n) is 1.35. The first kappa shape index (κ1) is 13.3. The van der Waals surface area contributed by atoms with Crippen LogP contribution in [0.1, 0.15) is 12.5 Å². The van der Waals surface area contributed by atoms with Crippen LogP contribution in [0, 0.1) is 0 Å². The highest BCUT2D eigenvalue weighted by Crippen LogP contribution is 2.26. The largest absolute Gasteiger partial charge is 0.504 e. The summed E-state index contributed by atoms with van der Waals surface area (Å²) >= 11 is 0. The number of likely N-dealkylation sites (N-methyl/N-ethyl adjacent to an activating group) is 1. The quantitative estimate of drug-likeness (QED) is 0.679. The summed E-state index contributed by atoms with van der Waals surface area (Å²) < 4.78 is 5.27. The topological polar surface area (TPSA) is 70.6 Å². The smallest absolute Gasteiger partial charge is 0.233 e. The molecule has 0 heterocycles. The molecule has 0 saturated heterocycles. The molecule has 0 aromatic heterocycles. The first-order valence-corrected chi connectivity index (χ1v) is 5.53. The predicted octanol–water partition coefficient (Wildman–Crippen LogP) is 0.627. The number of rotatable bonds is 6. The molecular weight excluding hydrogens is 220 g/mol. The Kier molecular flexibility index (Phi) is 5.29. The number of phenolic OH excluding ortho intramolecular Hbond substituents is 1. The van der Waals surface area contributed by atoms with Crippen molar-refractivity contribution in [2.75, 3.05) is 20.2 Å². The van der Waals surface area contributed by atoms with Gasteiger partial charge in [0.25, 0.3) is 0 Å². The van der Waals surface area contributed by atoms with Gasteiger partial charge in [-0.25, -0.2) is 0 Å². The van der Waals surface area contributed by atoms with Gasteiger partial charge in [0.2, 0.25) is 5.91 Å². The highest BCUT2D eigenvalue weighted by molar-refractivity contribution is 5.77. The second kappa shape index (κ2) is 6.75. The third kappa shape index (κ3) is 4.32. The van der Waals surface area contributed by atoms with E-state index in [9.17, 15) is 9.90 Å². The molecule has 0 aliphatic heterocycles. The number of phenols is 1. The van der Waals surface area contributed by atoms with Gasteiger partial charge in [-0.1, -0.05) is 6.07 Å². The number of amides is 1. The minimum Gasteiger partial charge on any atom is -0.504 e. The number of hydrogen-bond donors (Lipinski definition) is 3. The third-order valence-corrected chi connectivity index (χ3v) is 2.22. The Bertz CT molecular complexity index is 380. The van der Waals surface area contributed by atoms with Crippen LogP contribution in [0.3, 0.4) is 0 Å². The highest BCUT2D eigenvalue weighted by Gasteiger charge is 2.04. The van der Waals surface area contributed by atoms with Crippen LogP contribution in [0.2, 0.25) is 0 Å². The van der Waals surface area contributed by atoms with Crippen LogP contribution in [0.5, 0.6) is 11.5 Å². The number of carbonyl (C=O) groups excluding carboxylic acids is 1. The van der Waals surface area contributed by atoms with Gasteiger partial charge in [-0.15, -0.1) is 0 Å². The van der Waals surface area contributed by atoms with Gasteiger partial charge in [0.15, 0.2) is 11.5 Å². The molecular formula is C12H18N2O3. The summed E-state index contributed by atoms with van der Waals surface area (Å²) in [5.74, 6) is 0.530. The average Bonchev–Trinajstić information content (AvgIpc) is 2.33. The lowest BCUT2D eigenvalue weighted by atomic mass is 10.2. The molecule has 0 bridgehead atoms. The molecule has 0 unspecified atom stereocenters. The molecule has 1 amide bonds. The average molecular weight is 238 g/mol. The molecule has 1 aromatic carbocycles. The van der Waals surface area contributed by atoms with Crippen molar-refractivity contribution in [1.82, 2.24) is 10.6 Å². The lowest BCUT2D eigenvalue weighted by molar-refractivity contribution is -0.119. The number of nitrogens with one attached hydrogen (secondary N) is 2. The second-order valence-corrected chi connectivity index (χ2v) is 3.51. The highest BCUT2D eigenvalue weighted by atomic mass is 16.5. The van der Waals surface area contributed by atoms with Gasteiger partial charge in [-0.3, -0.25) is 4.79 Å². The summed E-state index contributed by atoms with van der Waals surface area (Å²) in [5.41, 5.74) is 0.954. The molecule has 3 N–H and O–H groups in total. The Balaban J connectivity index is 2.53. The summed E-state index contributed by atoms with van der Waals surface area (Å²) in [5, 5.41) is 15.0. The molecule has 0 radical (unpaired) electrons. The second-order valence-electron chi connectivity index (χ2n) is 3.51. The number of benzene rings is 1. The van der Waals surface area contributed by atoms with Crippen molar-refractivity contribution in [3.8, 4) is 11.5 Å². The normalized spacial score (nSPS) is 10.0. The first-order chi connectivity index (χ1) is 8.17. The van der Waals surface area contributed by atoms with Crippen LogP contribution in [0.4, 0.5) is 0 Å². The molecule has 0 aliphatic rings. The van der Waals surface area contributed by atoms with E-state index in [2.05, 4.69) is 10.6 Å². The van der Waals surface area contributed by atoms with Gasteiger partial charge < -0.3 is 20.5 Å². The van der Waals surface area contributed by atoms with E-state index in [-0.39, 0.29) is 18.2 Å². The molecule has 17 heavy (non-hydrogen) atoms. The van der Waals surface area contributed by atoms with Gasteiger partial charge in [-0.2, -0.15) is 0 Å². The minimum absolute atomic E-state index is 0.0613. The summed E-state index contributed by atoms with van der Waals surface area (Å²) in [6.45, 7) is 3.17. The molecule has 94 valence electrons. The Hall–Kier alpha value is -1.75. The fourth-order valence-corrected chi connectivity index (χ4v) is 1.35. The standard InChI is InChI=1S/C12H18N2O3/c1-3-17-11-6-9(4-5-10(11)15)7-14-8-12(16)13-2/h4-6,14-15H,3,7-8H2,1-2H3,(H,13,16). The maximum atomic E-state index is 11.0. The lowest BCUT2D eigenvalue weighted by Gasteiger charge is -2.09. The van der Waals surface area contributed by atoms with Crippen LogP contribution < -0.4 is 15.4 Å². The van der Waals surface area contributed by atoms with Crippen LogP contribution in [0.25, 0.3) is 0 Å². The molecule has 1 aromatic rings. The molecule has 5 heteroatoms. The number of hydrogen-bond acceptors (Lipinski definition) is 4. The molecule has 0 spiro atoms. The lowest BCUT2D eigenvalue weighted by Crippen LogP contribution is -2.30.